The molecule has 0 spiro atoms. The lowest BCUT2D eigenvalue weighted by Gasteiger charge is -2.09. The topological polar surface area (TPSA) is 12.0 Å². The first-order chi connectivity index (χ1) is 7.15. The second kappa shape index (κ2) is 6.94. The van der Waals surface area contributed by atoms with E-state index in [-0.39, 0.29) is 0 Å². The van der Waals surface area contributed by atoms with Crippen LogP contribution in [0.1, 0.15) is 0 Å². The van der Waals surface area contributed by atoms with E-state index in [1.807, 2.05) is 24.3 Å². The maximum Gasteiger partial charge on any atom is 0.0632 e. The molecule has 1 aromatic rings. The SMILES string of the molecule is ClC/C=C/CNc1c(Br)cc(Br)cc1Br. The standard InChI is InChI=1S/C10H9Br3ClN/c11-7-5-8(12)10(9(13)6-7)15-4-2-1-3-14/h1-2,5-6,15H,3-4H2/b2-1+. The smallest absolute Gasteiger partial charge is 0.0632 e. The van der Waals surface area contributed by atoms with E-state index in [1.165, 1.54) is 0 Å². The van der Waals surface area contributed by atoms with Crippen molar-refractivity contribution in [2.45, 2.75) is 0 Å². The Hall–Kier alpha value is 0.490. The zero-order valence-corrected chi connectivity index (χ0v) is 13.2. The molecule has 0 radical (unpaired) electrons. The summed E-state index contributed by atoms with van der Waals surface area (Å²) in [6, 6.07) is 4.00. The number of rotatable bonds is 4. The largest absolute Gasteiger partial charge is 0.380 e. The molecule has 0 fully saturated rings. The number of nitrogens with one attached hydrogen (secondary N) is 1. The summed E-state index contributed by atoms with van der Waals surface area (Å²) < 4.78 is 3.06. The molecule has 0 aliphatic carbocycles. The molecule has 1 rings (SSSR count). The van der Waals surface area contributed by atoms with E-state index in [0.717, 1.165) is 25.7 Å². The molecule has 82 valence electrons. The Morgan fingerprint density at radius 2 is 1.73 bits per heavy atom. The lowest BCUT2D eigenvalue weighted by molar-refractivity contribution is 1.30. The van der Waals surface area contributed by atoms with Crippen LogP contribution in [-0.4, -0.2) is 12.4 Å². The van der Waals surface area contributed by atoms with Crippen molar-refractivity contribution in [3.63, 3.8) is 0 Å². The third-order valence-corrected chi connectivity index (χ3v) is 3.55. The highest BCUT2D eigenvalue weighted by molar-refractivity contribution is 9.11. The van der Waals surface area contributed by atoms with E-state index in [9.17, 15) is 0 Å². The van der Waals surface area contributed by atoms with Gasteiger partial charge in [-0.2, -0.15) is 0 Å². The van der Waals surface area contributed by atoms with E-state index < -0.39 is 0 Å². The zero-order chi connectivity index (χ0) is 11.3. The monoisotopic (exact) mass is 415 g/mol. The number of halogens is 4. The molecule has 0 atom stereocenters. The summed E-state index contributed by atoms with van der Waals surface area (Å²) in [5.41, 5.74) is 1.04. The van der Waals surface area contributed by atoms with Crippen molar-refractivity contribution in [3.05, 3.63) is 37.7 Å². The van der Waals surface area contributed by atoms with Crippen molar-refractivity contribution in [3.8, 4) is 0 Å². The zero-order valence-electron chi connectivity index (χ0n) is 7.74. The van der Waals surface area contributed by atoms with Gasteiger partial charge in [0.25, 0.3) is 0 Å². The number of alkyl halides is 1. The van der Waals surface area contributed by atoms with Gasteiger partial charge in [-0.15, -0.1) is 11.6 Å². The fraction of sp³-hybridized carbons (Fsp3) is 0.200. The minimum Gasteiger partial charge on any atom is -0.380 e. The predicted octanol–water partition coefficient (Wildman–Crippen LogP) is 5.18. The Bertz CT molecular complexity index is 343. The summed E-state index contributed by atoms with van der Waals surface area (Å²) in [6.45, 7) is 0.756. The molecule has 0 bridgehead atoms. The van der Waals surface area contributed by atoms with Gasteiger partial charge in [0.2, 0.25) is 0 Å². The van der Waals surface area contributed by atoms with Crippen LogP contribution in [-0.2, 0) is 0 Å². The number of benzene rings is 1. The highest BCUT2D eigenvalue weighted by Gasteiger charge is 2.04. The molecule has 0 unspecified atom stereocenters. The molecule has 1 nitrogen and oxygen atoms in total. The summed E-state index contributed by atoms with van der Waals surface area (Å²) in [6.07, 6.45) is 3.91. The van der Waals surface area contributed by atoms with Crippen molar-refractivity contribution >= 4 is 65.1 Å². The molecule has 0 aromatic heterocycles. The van der Waals surface area contributed by atoms with Crippen LogP contribution in [0.4, 0.5) is 5.69 Å². The minimum absolute atomic E-state index is 0.546. The van der Waals surface area contributed by atoms with Gasteiger partial charge in [0, 0.05) is 25.8 Å². The summed E-state index contributed by atoms with van der Waals surface area (Å²) in [5, 5.41) is 3.28. The Morgan fingerprint density at radius 3 is 2.27 bits per heavy atom. The van der Waals surface area contributed by atoms with E-state index in [4.69, 9.17) is 11.6 Å². The van der Waals surface area contributed by atoms with Gasteiger partial charge in [0.1, 0.15) is 0 Å². The number of hydrogen-bond donors (Lipinski definition) is 1. The van der Waals surface area contributed by atoms with Gasteiger partial charge in [-0.05, 0) is 44.0 Å². The molecule has 0 heterocycles. The van der Waals surface area contributed by atoms with E-state index in [2.05, 4.69) is 53.1 Å². The van der Waals surface area contributed by atoms with Gasteiger partial charge in [-0.25, -0.2) is 0 Å². The van der Waals surface area contributed by atoms with Crippen LogP contribution >= 0.6 is 59.4 Å². The predicted molar refractivity (Wildman–Crippen MR) is 77.9 cm³/mol. The van der Waals surface area contributed by atoms with Gasteiger partial charge < -0.3 is 5.32 Å². The molecule has 0 aliphatic rings. The van der Waals surface area contributed by atoms with Crippen molar-refractivity contribution in [2.75, 3.05) is 17.7 Å². The molecular weight excluding hydrogens is 409 g/mol. The van der Waals surface area contributed by atoms with Gasteiger partial charge in [0.05, 0.1) is 5.69 Å². The number of hydrogen-bond acceptors (Lipinski definition) is 1. The highest BCUT2D eigenvalue weighted by atomic mass is 79.9. The highest BCUT2D eigenvalue weighted by Crippen LogP contribution is 2.34. The number of anilines is 1. The van der Waals surface area contributed by atoms with Crippen LogP contribution in [0.3, 0.4) is 0 Å². The molecular formula is C10H9Br3ClN. The third-order valence-electron chi connectivity index (χ3n) is 1.66. The quantitative estimate of drug-likeness (QED) is 0.525. The minimum atomic E-state index is 0.546. The Kier molecular flexibility index (Phi) is 6.27. The van der Waals surface area contributed by atoms with Crippen LogP contribution in [0.5, 0.6) is 0 Å². The molecule has 5 heteroatoms. The first kappa shape index (κ1) is 13.6. The lowest BCUT2D eigenvalue weighted by atomic mass is 10.3. The fourth-order valence-electron chi connectivity index (χ4n) is 1.02. The van der Waals surface area contributed by atoms with Crippen LogP contribution in [0, 0.1) is 0 Å². The molecule has 1 aromatic carbocycles. The van der Waals surface area contributed by atoms with Crippen LogP contribution < -0.4 is 5.32 Å². The Balaban J connectivity index is 2.72. The third kappa shape index (κ3) is 4.47. The van der Waals surface area contributed by atoms with E-state index in [1.54, 1.807) is 0 Å². The average Bonchev–Trinajstić information content (AvgIpc) is 2.15. The van der Waals surface area contributed by atoms with Gasteiger partial charge in [-0.3, -0.25) is 0 Å². The van der Waals surface area contributed by atoms with Crippen molar-refractivity contribution < 1.29 is 0 Å². The van der Waals surface area contributed by atoms with Crippen LogP contribution in [0.2, 0.25) is 0 Å². The molecule has 0 amide bonds. The Morgan fingerprint density at radius 1 is 1.13 bits per heavy atom. The first-order valence-electron chi connectivity index (χ1n) is 4.24. The second-order valence-corrected chi connectivity index (χ2v) is 5.68. The van der Waals surface area contributed by atoms with Gasteiger partial charge >= 0.3 is 0 Å². The van der Waals surface area contributed by atoms with Gasteiger partial charge in [-0.1, -0.05) is 28.1 Å². The lowest BCUT2D eigenvalue weighted by Crippen LogP contribution is -2.00. The van der Waals surface area contributed by atoms with Crippen molar-refractivity contribution in [1.29, 1.82) is 0 Å². The van der Waals surface area contributed by atoms with E-state index >= 15 is 0 Å². The molecule has 0 aliphatic heterocycles. The Labute approximate surface area is 120 Å². The first-order valence-corrected chi connectivity index (χ1v) is 7.16. The van der Waals surface area contributed by atoms with Crippen molar-refractivity contribution in [1.82, 2.24) is 0 Å². The molecule has 0 saturated carbocycles. The molecule has 1 N–H and O–H groups in total. The van der Waals surface area contributed by atoms with E-state index in [0.29, 0.717) is 5.88 Å². The van der Waals surface area contributed by atoms with Crippen LogP contribution in [0.15, 0.2) is 37.7 Å². The van der Waals surface area contributed by atoms with Crippen LogP contribution in [0.25, 0.3) is 0 Å². The summed E-state index contributed by atoms with van der Waals surface area (Å²) in [7, 11) is 0. The van der Waals surface area contributed by atoms with Gasteiger partial charge in [0.15, 0.2) is 0 Å². The maximum atomic E-state index is 5.53. The fourth-order valence-corrected chi connectivity index (χ4v) is 3.68. The average molecular weight is 418 g/mol. The molecule has 15 heavy (non-hydrogen) atoms. The summed E-state index contributed by atoms with van der Waals surface area (Å²) in [4.78, 5) is 0. The normalized spacial score (nSPS) is 10.9. The van der Waals surface area contributed by atoms with Crippen molar-refractivity contribution in [2.24, 2.45) is 0 Å². The molecule has 0 saturated heterocycles. The second-order valence-electron chi connectivity index (χ2n) is 2.75. The number of allylic oxidation sites excluding steroid dienone is 1. The summed E-state index contributed by atoms with van der Waals surface area (Å²) in [5.74, 6) is 0.546. The summed E-state index contributed by atoms with van der Waals surface area (Å²) >= 11 is 15.9. The maximum absolute atomic E-state index is 5.53.